The molecular weight excluding hydrogens is 328 g/mol. The fraction of sp³-hybridized carbons (Fsp3) is 0.588. The van der Waals surface area contributed by atoms with Gasteiger partial charge in [0.15, 0.2) is 5.16 Å². The highest BCUT2D eigenvalue weighted by Crippen LogP contribution is 2.35. The minimum Gasteiger partial charge on any atom is -0.299 e. The van der Waals surface area contributed by atoms with E-state index in [0.29, 0.717) is 5.16 Å². The number of hydrogen-bond donors (Lipinski definition) is 0. The molecule has 6 heteroatoms. The molecule has 0 N–H and O–H groups in total. The zero-order chi connectivity index (χ0) is 16.7. The van der Waals surface area contributed by atoms with Crippen LogP contribution in [0.2, 0.25) is 0 Å². The van der Waals surface area contributed by atoms with Gasteiger partial charge in [-0.2, -0.15) is 0 Å². The predicted molar refractivity (Wildman–Crippen MR) is 96.9 cm³/mol. The minimum atomic E-state index is -0.186. The summed E-state index contributed by atoms with van der Waals surface area (Å²) in [5.74, 6) is 0.112. The maximum absolute atomic E-state index is 13.2. The molecule has 23 heavy (non-hydrogen) atoms. The van der Waals surface area contributed by atoms with E-state index in [2.05, 4.69) is 0 Å². The molecule has 4 nitrogen and oxygen atoms in total. The predicted octanol–water partition coefficient (Wildman–Crippen LogP) is 4.26. The van der Waals surface area contributed by atoms with Crippen molar-refractivity contribution in [2.24, 2.45) is 0 Å². The van der Waals surface area contributed by atoms with E-state index < -0.39 is 0 Å². The largest absolute Gasteiger partial charge is 0.299 e. The van der Waals surface area contributed by atoms with Crippen LogP contribution in [0.15, 0.2) is 9.95 Å². The topological polar surface area (TPSA) is 52.0 Å². The highest BCUT2D eigenvalue weighted by atomic mass is 32.2. The van der Waals surface area contributed by atoms with Crippen LogP contribution in [-0.2, 0) is 4.79 Å². The van der Waals surface area contributed by atoms with Crippen molar-refractivity contribution in [2.75, 3.05) is 0 Å². The molecule has 0 aliphatic heterocycles. The van der Waals surface area contributed by atoms with Crippen LogP contribution in [0.4, 0.5) is 0 Å². The smallest absolute Gasteiger partial charge is 0.263 e. The van der Waals surface area contributed by atoms with Crippen molar-refractivity contribution in [1.29, 1.82) is 0 Å². The number of fused-ring (bicyclic) bond motifs is 1. The average molecular weight is 351 g/mol. The highest BCUT2D eigenvalue weighted by molar-refractivity contribution is 8.00. The van der Waals surface area contributed by atoms with Gasteiger partial charge in [-0.3, -0.25) is 14.2 Å². The highest BCUT2D eigenvalue weighted by Gasteiger charge is 2.26. The summed E-state index contributed by atoms with van der Waals surface area (Å²) in [6, 6.07) is 0.223. The number of aryl methyl sites for hydroxylation is 2. The molecule has 0 radical (unpaired) electrons. The van der Waals surface area contributed by atoms with Gasteiger partial charge >= 0.3 is 0 Å². The van der Waals surface area contributed by atoms with Gasteiger partial charge in [-0.25, -0.2) is 4.98 Å². The van der Waals surface area contributed by atoms with E-state index >= 15 is 0 Å². The summed E-state index contributed by atoms with van der Waals surface area (Å²) < 4.78 is 1.87. The molecule has 2 aromatic heterocycles. The van der Waals surface area contributed by atoms with Crippen molar-refractivity contribution in [3.8, 4) is 0 Å². The summed E-state index contributed by atoms with van der Waals surface area (Å²) in [5.41, 5.74) is 1.12. The van der Waals surface area contributed by atoms with Crippen LogP contribution in [-0.4, -0.2) is 20.6 Å². The number of aromatic nitrogens is 2. The van der Waals surface area contributed by atoms with Crippen molar-refractivity contribution in [2.45, 2.75) is 69.8 Å². The SMILES string of the molecule is CC(=O)C(C)Sc1nc2sc(C)c(C)c2c(=O)n1C1CCCC1. The second-order valence-corrected chi connectivity index (χ2v) is 8.85. The van der Waals surface area contributed by atoms with Gasteiger partial charge in [-0.05, 0) is 46.1 Å². The molecule has 124 valence electrons. The average Bonchev–Trinajstić information content (AvgIpc) is 3.08. The molecule has 1 saturated carbocycles. The van der Waals surface area contributed by atoms with Crippen LogP contribution in [0.25, 0.3) is 10.2 Å². The third kappa shape index (κ3) is 2.98. The van der Waals surface area contributed by atoms with Crippen LogP contribution in [0.5, 0.6) is 0 Å². The number of nitrogens with zero attached hydrogens (tertiary/aromatic N) is 2. The Morgan fingerprint density at radius 1 is 1.35 bits per heavy atom. The van der Waals surface area contributed by atoms with Gasteiger partial charge in [0, 0.05) is 10.9 Å². The van der Waals surface area contributed by atoms with Crippen LogP contribution in [0.1, 0.15) is 56.0 Å². The lowest BCUT2D eigenvalue weighted by atomic mass is 10.2. The molecule has 0 aromatic carbocycles. The Kier molecular flexibility index (Phi) is 4.65. The summed E-state index contributed by atoms with van der Waals surface area (Å²) in [5, 5.41) is 1.28. The Hall–Kier alpha value is -1.14. The van der Waals surface area contributed by atoms with Gasteiger partial charge < -0.3 is 0 Å². The molecule has 1 atom stereocenters. The lowest BCUT2D eigenvalue weighted by molar-refractivity contribution is -0.116. The zero-order valence-corrected chi connectivity index (χ0v) is 15.6. The number of carbonyl (C=O) groups is 1. The van der Waals surface area contributed by atoms with E-state index in [4.69, 9.17) is 4.98 Å². The van der Waals surface area contributed by atoms with Crippen molar-refractivity contribution < 1.29 is 4.79 Å². The van der Waals surface area contributed by atoms with Gasteiger partial charge in [-0.15, -0.1) is 11.3 Å². The third-order valence-corrected chi connectivity index (χ3v) is 7.03. The fourth-order valence-electron chi connectivity index (χ4n) is 3.10. The molecule has 3 rings (SSSR count). The Morgan fingerprint density at radius 3 is 2.61 bits per heavy atom. The van der Waals surface area contributed by atoms with Gasteiger partial charge in [0.05, 0.1) is 10.6 Å². The van der Waals surface area contributed by atoms with Crippen LogP contribution < -0.4 is 5.56 Å². The van der Waals surface area contributed by atoms with Gasteiger partial charge in [0.2, 0.25) is 0 Å². The molecule has 0 saturated heterocycles. The Morgan fingerprint density at radius 2 is 2.00 bits per heavy atom. The van der Waals surface area contributed by atoms with Crippen molar-refractivity contribution >= 4 is 39.1 Å². The van der Waals surface area contributed by atoms with Crippen LogP contribution in [0.3, 0.4) is 0 Å². The first-order valence-electron chi connectivity index (χ1n) is 8.09. The van der Waals surface area contributed by atoms with E-state index in [0.717, 1.165) is 46.3 Å². The van der Waals surface area contributed by atoms with Crippen LogP contribution in [0, 0.1) is 13.8 Å². The Labute approximate surface area is 144 Å². The second-order valence-electron chi connectivity index (χ2n) is 6.34. The van der Waals surface area contributed by atoms with E-state index in [1.165, 1.54) is 11.8 Å². The Balaban J connectivity index is 2.21. The summed E-state index contributed by atoms with van der Waals surface area (Å²) in [6.45, 7) is 7.51. The molecule has 1 unspecified atom stereocenters. The van der Waals surface area contributed by atoms with E-state index in [1.54, 1.807) is 18.3 Å². The third-order valence-electron chi connectivity index (χ3n) is 4.75. The van der Waals surface area contributed by atoms with Gasteiger partial charge in [0.1, 0.15) is 10.6 Å². The molecule has 2 heterocycles. The maximum atomic E-state index is 13.2. The standard InChI is InChI=1S/C17H22N2O2S2/c1-9-11(3)22-15-14(9)16(21)19(13-7-5-6-8-13)17(18-15)23-12(4)10(2)20/h12-13H,5-8H2,1-4H3. The molecule has 1 aliphatic rings. The second kappa shape index (κ2) is 6.40. The number of thioether (sulfide) groups is 1. The summed E-state index contributed by atoms with van der Waals surface area (Å²) in [6.07, 6.45) is 4.36. The van der Waals surface area contributed by atoms with Gasteiger partial charge in [-0.1, -0.05) is 24.6 Å². The number of Topliss-reactive ketones (excluding diaryl/α,β-unsaturated/α-hetero) is 1. The molecule has 1 fully saturated rings. The summed E-state index contributed by atoms with van der Waals surface area (Å²) in [4.78, 5) is 31.5. The van der Waals surface area contributed by atoms with E-state index in [1.807, 2.05) is 25.3 Å². The van der Waals surface area contributed by atoms with Crippen molar-refractivity contribution in [1.82, 2.24) is 9.55 Å². The van der Waals surface area contributed by atoms with Gasteiger partial charge in [0.25, 0.3) is 5.56 Å². The number of thiophene rings is 1. The number of ketones is 1. The monoisotopic (exact) mass is 350 g/mol. The fourth-order valence-corrected chi connectivity index (χ4v) is 5.15. The molecular formula is C17H22N2O2S2. The van der Waals surface area contributed by atoms with Crippen LogP contribution >= 0.6 is 23.1 Å². The number of carbonyl (C=O) groups excluding carboxylic acids is 1. The molecule has 0 spiro atoms. The van der Waals surface area contributed by atoms with Crippen molar-refractivity contribution in [3.05, 3.63) is 20.8 Å². The maximum Gasteiger partial charge on any atom is 0.263 e. The quantitative estimate of drug-likeness (QED) is 0.611. The lowest BCUT2D eigenvalue weighted by Gasteiger charge is -2.19. The lowest BCUT2D eigenvalue weighted by Crippen LogP contribution is -2.27. The molecule has 2 aromatic rings. The molecule has 1 aliphatic carbocycles. The Bertz CT molecular complexity index is 816. The first-order chi connectivity index (χ1) is 10.9. The van der Waals surface area contributed by atoms with E-state index in [-0.39, 0.29) is 22.6 Å². The summed E-state index contributed by atoms with van der Waals surface area (Å²) >= 11 is 2.99. The minimum absolute atomic E-state index is 0.0713. The zero-order valence-electron chi connectivity index (χ0n) is 14.0. The molecule has 0 amide bonds. The number of hydrogen-bond acceptors (Lipinski definition) is 5. The first-order valence-corrected chi connectivity index (χ1v) is 9.79. The summed E-state index contributed by atoms with van der Waals surface area (Å²) in [7, 11) is 0. The number of rotatable bonds is 4. The normalized spacial score (nSPS) is 17.0. The molecule has 0 bridgehead atoms. The van der Waals surface area contributed by atoms with E-state index in [9.17, 15) is 9.59 Å². The first kappa shape index (κ1) is 16.7. The van der Waals surface area contributed by atoms with Crippen molar-refractivity contribution in [3.63, 3.8) is 0 Å².